The van der Waals surface area contributed by atoms with E-state index >= 15 is 0 Å². The molecule has 7 nitrogen and oxygen atoms in total. The number of imide groups is 1. The molecule has 1 N–H and O–H groups in total. The third-order valence-electron chi connectivity index (χ3n) is 4.18. The second-order valence-electron chi connectivity index (χ2n) is 5.95. The summed E-state index contributed by atoms with van der Waals surface area (Å²) in [6, 6.07) is 10.1. The van der Waals surface area contributed by atoms with E-state index in [9.17, 15) is 9.59 Å². The van der Waals surface area contributed by atoms with Crippen LogP contribution < -0.4 is 5.32 Å². The monoisotopic (exact) mass is 388 g/mol. The van der Waals surface area contributed by atoms with Crippen molar-refractivity contribution in [2.24, 2.45) is 0 Å². The second-order valence-corrected chi connectivity index (χ2v) is 7.33. The maximum Gasteiger partial charge on any atom is 0.325 e. The minimum absolute atomic E-state index is 0.0980. The molecule has 0 radical (unpaired) electrons. The summed E-state index contributed by atoms with van der Waals surface area (Å²) in [6.45, 7) is 1.54. The standard InChI is InChI=1S/C17H13ClN4O3S/c1-17(10-4-2-5-11(18)8-10)15(23)22(16(24)20-17)9-13-19-14(21-25-13)12-6-3-7-26-12/h2-8H,9H2,1H3,(H,20,24). The van der Waals surface area contributed by atoms with Crippen molar-refractivity contribution in [3.63, 3.8) is 0 Å². The smallest absolute Gasteiger partial charge is 0.325 e. The predicted octanol–water partition coefficient (Wildman–Crippen LogP) is 3.42. The summed E-state index contributed by atoms with van der Waals surface area (Å²) in [5, 5.41) is 9.00. The lowest BCUT2D eigenvalue weighted by Gasteiger charge is -2.22. The van der Waals surface area contributed by atoms with Crippen LogP contribution in [0.3, 0.4) is 0 Å². The number of nitrogens with one attached hydrogen (secondary N) is 1. The molecule has 3 heterocycles. The molecule has 9 heteroatoms. The van der Waals surface area contributed by atoms with E-state index in [1.807, 2.05) is 17.5 Å². The van der Waals surface area contributed by atoms with Crippen molar-refractivity contribution in [1.82, 2.24) is 20.4 Å². The average Bonchev–Trinajstić information content (AvgIpc) is 3.33. The lowest BCUT2D eigenvalue weighted by atomic mass is 9.92. The van der Waals surface area contributed by atoms with Gasteiger partial charge in [-0.2, -0.15) is 4.98 Å². The minimum Gasteiger partial charge on any atom is -0.337 e. The van der Waals surface area contributed by atoms with Crippen LogP contribution >= 0.6 is 22.9 Å². The summed E-state index contributed by atoms with van der Waals surface area (Å²) in [5.74, 6) is 0.215. The molecule has 132 valence electrons. The van der Waals surface area contributed by atoms with Crippen LogP contribution in [0.1, 0.15) is 18.4 Å². The van der Waals surface area contributed by atoms with E-state index in [1.54, 1.807) is 31.2 Å². The number of thiophene rings is 1. The van der Waals surface area contributed by atoms with Gasteiger partial charge in [0.15, 0.2) is 0 Å². The Bertz CT molecular complexity index is 988. The Kier molecular flexibility index (Phi) is 4.01. The van der Waals surface area contributed by atoms with Crippen LogP contribution in [0.5, 0.6) is 0 Å². The molecule has 0 bridgehead atoms. The van der Waals surface area contributed by atoms with Gasteiger partial charge in [-0.25, -0.2) is 4.79 Å². The molecule has 1 saturated heterocycles. The highest BCUT2D eigenvalue weighted by atomic mass is 35.5. The lowest BCUT2D eigenvalue weighted by molar-refractivity contribution is -0.131. The highest BCUT2D eigenvalue weighted by molar-refractivity contribution is 7.13. The summed E-state index contributed by atoms with van der Waals surface area (Å²) >= 11 is 7.49. The van der Waals surface area contributed by atoms with Gasteiger partial charge in [0.25, 0.3) is 5.91 Å². The quantitative estimate of drug-likeness (QED) is 0.692. The summed E-state index contributed by atoms with van der Waals surface area (Å²) in [6.07, 6.45) is 0. The molecule has 3 amide bonds. The van der Waals surface area contributed by atoms with Gasteiger partial charge >= 0.3 is 6.03 Å². The number of hydrogen-bond donors (Lipinski definition) is 1. The molecule has 0 saturated carbocycles. The Hall–Kier alpha value is -2.71. The molecule has 26 heavy (non-hydrogen) atoms. The number of urea groups is 1. The number of amides is 3. The Morgan fingerprint density at radius 3 is 2.88 bits per heavy atom. The van der Waals surface area contributed by atoms with Gasteiger partial charge in [0.05, 0.1) is 4.88 Å². The first kappa shape index (κ1) is 16.7. The van der Waals surface area contributed by atoms with Crippen molar-refractivity contribution in [2.45, 2.75) is 19.0 Å². The predicted molar refractivity (Wildman–Crippen MR) is 95.5 cm³/mol. The zero-order valence-corrected chi connectivity index (χ0v) is 15.2. The number of rotatable bonds is 4. The third-order valence-corrected chi connectivity index (χ3v) is 5.28. The minimum atomic E-state index is -1.20. The number of nitrogens with zero attached hydrogens (tertiary/aromatic N) is 3. The first-order valence-corrected chi connectivity index (χ1v) is 9.00. The van der Waals surface area contributed by atoms with Gasteiger partial charge in [-0.3, -0.25) is 9.69 Å². The topological polar surface area (TPSA) is 88.3 Å². The fourth-order valence-corrected chi connectivity index (χ4v) is 3.64. The Morgan fingerprint density at radius 2 is 2.15 bits per heavy atom. The highest BCUT2D eigenvalue weighted by Gasteiger charge is 2.49. The molecule has 2 aromatic heterocycles. The Balaban J connectivity index is 1.58. The molecule has 1 atom stereocenters. The SMILES string of the molecule is CC1(c2cccc(Cl)c2)NC(=O)N(Cc2nc(-c3cccs3)no2)C1=O. The molecule has 0 aliphatic carbocycles. The Labute approximate surface area is 157 Å². The fraction of sp³-hybridized carbons (Fsp3) is 0.176. The van der Waals surface area contributed by atoms with Crippen LogP contribution in [-0.2, 0) is 16.9 Å². The maximum atomic E-state index is 12.9. The molecule has 3 aromatic rings. The number of benzene rings is 1. The van der Waals surface area contributed by atoms with Gasteiger partial charge in [-0.05, 0) is 36.1 Å². The third kappa shape index (κ3) is 2.77. The summed E-state index contributed by atoms with van der Waals surface area (Å²) < 4.78 is 5.19. The molecule has 1 unspecified atom stereocenters. The maximum absolute atomic E-state index is 12.9. The van der Waals surface area contributed by atoms with Gasteiger partial charge in [0.2, 0.25) is 11.7 Å². The average molecular weight is 389 g/mol. The van der Waals surface area contributed by atoms with Crippen LogP contribution in [0.25, 0.3) is 10.7 Å². The first-order valence-electron chi connectivity index (χ1n) is 7.74. The van der Waals surface area contributed by atoms with Crippen molar-refractivity contribution in [3.8, 4) is 10.7 Å². The van der Waals surface area contributed by atoms with Gasteiger partial charge in [-0.1, -0.05) is 35.0 Å². The van der Waals surface area contributed by atoms with Crippen LogP contribution in [0.2, 0.25) is 5.02 Å². The molecule has 4 rings (SSSR count). The van der Waals surface area contributed by atoms with E-state index in [0.717, 1.165) is 9.78 Å². The summed E-state index contributed by atoms with van der Waals surface area (Å²) in [5.41, 5.74) is -0.589. The van der Waals surface area contributed by atoms with Crippen LogP contribution in [0.4, 0.5) is 4.79 Å². The van der Waals surface area contributed by atoms with Crippen molar-refractivity contribution >= 4 is 34.9 Å². The molecular weight excluding hydrogens is 376 g/mol. The van der Waals surface area contributed by atoms with E-state index in [4.69, 9.17) is 16.1 Å². The van der Waals surface area contributed by atoms with Gasteiger partial charge in [0, 0.05) is 5.02 Å². The van der Waals surface area contributed by atoms with Crippen LogP contribution in [0, 0.1) is 0 Å². The number of halogens is 1. The van der Waals surface area contributed by atoms with Crippen LogP contribution in [0.15, 0.2) is 46.3 Å². The molecule has 1 aliphatic rings. The molecule has 1 aliphatic heterocycles. The van der Waals surface area contributed by atoms with E-state index < -0.39 is 17.5 Å². The van der Waals surface area contributed by atoms with Crippen molar-refractivity contribution < 1.29 is 14.1 Å². The lowest BCUT2D eigenvalue weighted by Crippen LogP contribution is -2.40. The zero-order chi connectivity index (χ0) is 18.3. The largest absolute Gasteiger partial charge is 0.337 e. The van der Waals surface area contributed by atoms with E-state index in [1.165, 1.54) is 11.3 Å². The normalized spacial score (nSPS) is 19.8. The van der Waals surface area contributed by atoms with E-state index in [-0.39, 0.29) is 12.4 Å². The molecule has 1 aromatic carbocycles. The number of carbonyl (C=O) groups is 2. The van der Waals surface area contributed by atoms with Gasteiger partial charge in [0.1, 0.15) is 12.1 Å². The number of aromatic nitrogens is 2. The summed E-state index contributed by atoms with van der Waals surface area (Å²) in [7, 11) is 0. The Morgan fingerprint density at radius 1 is 1.31 bits per heavy atom. The van der Waals surface area contributed by atoms with Crippen molar-refractivity contribution in [3.05, 3.63) is 58.3 Å². The fourth-order valence-electron chi connectivity index (χ4n) is 2.80. The zero-order valence-electron chi connectivity index (χ0n) is 13.6. The van der Waals surface area contributed by atoms with Crippen molar-refractivity contribution in [1.29, 1.82) is 0 Å². The molecular formula is C17H13ClN4O3S. The van der Waals surface area contributed by atoms with E-state index in [0.29, 0.717) is 16.4 Å². The van der Waals surface area contributed by atoms with Gasteiger partial charge < -0.3 is 9.84 Å². The number of carbonyl (C=O) groups excluding carboxylic acids is 2. The molecule has 1 fully saturated rings. The summed E-state index contributed by atoms with van der Waals surface area (Å²) in [4.78, 5) is 31.4. The first-order chi connectivity index (χ1) is 12.5. The van der Waals surface area contributed by atoms with E-state index in [2.05, 4.69) is 15.5 Å². The highest BCUT2D eigenvalue weighted by Crippen LogP contribution is 2.31. The molecule has 0 spiro atoms. The second kappa shape index (κ2) is 6.22. The number of hydrogen-bond acceptors (Lipinski definition) is 6. The van der Waals surface area contributed by atoms with Crippen LogP contribution in [-0.4, -0.2) is 27.0 Å². The van der Waals surface area contributed by atoms with Crippen molar-refractivity contribution in [2.75, 3.05) is 0 Å². The van der Waals surface area contributed by atoms with Gasteiger partial charge in [-0.15, -0.1) is 11.3 Å².